The molecule has 0 aliphatic carbocycles. The summed E-state index contributed by atoms with van der Waals surface area (Å²) in [4.78, 5) is 11.3. The Morgan fingerprint density at radius 3 is 2.74 bits per heavy atom. The molecular weight excluding hydrogens is 262 g/mol. The average molecular weight is 279 g/mol. The van der Waals surface area contributed by atoms with E-state index in [1.54, 1.807) is 19.1 Å². The van der Waals surface area contributed by atoms with E-state index >= 15 is 0 Å². The summed E-state index contributed by atoms with van der Waals surface area (Å²) in [6, 6.07) is 7.37. The summed E-state index contributed by atoms with van der Waals surface area (Å²) >= 11 is 0. The van der Waals surface area contributed by atoms with Crippen molar-refractivity contribution in [3.05, 3.63) is 34.9 Å². The fraction of sp³-hybridized carbons (Fsp3) is 0.429. The third-order valence-corrected chi connectivity index (χ3v) is 4.33. The second-order valence-corrected chi connectivity index (χ2v) is 5.93. The van der Waals surface area contributed by atoms with Crippen molar-refractivity contribution in [1.82, 2.24) is 0 Å². The van der Waals surface area contributed by atoms with Crippen LogP contribution in [0.5, 0.6) is 0 Å². The maximum Gasteiger partial charge on any atom is 0.309 e. The monoisotopic (exact) mass is 279 g/mol. The molecule has 0 aliphatic heterocycles. The van der Waals surface area contributed by atoms with Crippen LogP contribution in [0.25, 0.3) is 0 Å². The smallest absolute Gasteiger partial charge is 0.309 e. The summed E-state index contributed by atoms with van der Waals surface area (Å²) in [6.07, 6.45) is 0. The standard InChI is InChI=1S/C14H17NO3S/c1-10-6-12(7-15)4-5-13(10)9-19(17)8-11(2)14(16)18-3/h4-6,11H,8-9H2,1-3H3. The second kappa shape index (κ2) is 7.05. The minimum Gasteiger partial charge on any atom is -0.469 e. The van der Waals surface area contributed by atoms with Gasteiger partial charge in [-0.3, -0.25) is 9.00 Å². The Morgan fingerprint density at radius 2 is 2.21 bits per heavy atom. The van der Waals surface area contributed by atoms with Gasteiger partial charge in [-0.15, -0.1) is 0 Å². The molecule has 0 fully saturated rings. The first-order valence-corrected chi connectivity index (χ1v) is 7.39. The number of ether oxygens (including phenoxy) is 1. The number of benzene rings is 1. The molecule has 1 rings (SSSR count). The Morgan fingerprint density at radius 1 is 1.53 bits per heavy atom. The Labute approximate surface area is 115 Å². The van der Waals surface area contributed by atoms with Gasteiger partial charge in [-0.25, -0.2) is 0 Å². The zero-order chi connectivity index (χ0) is 14.4. The molecule has 1 aromatic carbocycles. The van der Waals surface area contributed by atoms with Crippen LogP contribution in [0.4, 0.5) is 0 Å². The zero-order valence-electron chi connectivity index (χ0n) is 11.3. The minimum atomic E-state index is -1.13. The molecule has 4 nitrogen and oxygen atoms in total. The number of hydrogen-bond acceptors (Lipinski definition) is 4. The summed E-state index contributed by atoms with van der Waals surface area (Å²) in [6.45, 7) is 3.59. The predicted octanol–water partition coefficient (Wildman–Crippen LogP) is 1.92. The topological polar surface area (TPSA) is 67.2 Å². The molecule has 0 bridgehead atoms. The third-order valence-electron chi connectivity index (χ3n) is 2.83. The molecule has 0 saturated carbocycles. The van der Waals surface area contributed by atoms with E-state index in [0.29, 0.717) is 11.3 Å². The van der Waals surface area contributed by atoms with Gasteiger partial charge in [0.25, 0.3) is 0 Å². The lowest BCUT2D eigenvalue weighted by molar-refractivity contribution is -0.144. The molecule has 0 aromatic heterocycles. The van der Waals surface area contributed by atoms with Gasteiger partial charge < -0.3 is 4.74 Å². The van der Waals surface area contributed by atoms with Crippen LogP contribution in [0.1, 0.15) is 23.6 Å². The van der Waals surface area contributed by atoms with Crippen LogP contribution >= 0.6 is 0 Å². The van der Waals surface area contributed by atoms with E-state index in [4.69, 9.17) is 5.26 Å². The van der Waals surface area contributed by atoms with Crippen LogP contribution in [-0.2, 0) is 26.1 Å². The highest BCUT2D eigenvalue weighted by atomic mass is 32.2. The number of methoxy groups -OCH3 is 1. The van der Waals surface area contributed by atoms with E-state index in [1.165, 1.54) is 7.11 Å². The molecular formula is C14H17NO3S. The molecule has 0 spiro atoms. The van der Waals surface area contributed by atoms with Crippen molar-refractivity contribution in [1.29, 1.82) is 5.26 Å². The first kappa shape index (κ1) is 15.4. The number of carbonyl (C=O) groups excluding carboxylic acids is 1. The number of hydrogen-bond donors (Lipinski definition) is 0. The predicted molar refractivity (Wildman–Crippen MR) is 73.8 cm³/mol. The van der Waals surface area contributed by atoms with Gasteiger partial charge >= 0.3 is 5.97 Å². The zero-order valence-corrected chi connectivity index (χ0v) is 12.1. The number of esters is 1. The van der Waals surface area contributed by atoms with Crippen molar-refractivity contribution < 1.29 is 13.7 Å². The first-order chi connectivity index (χ1) is 8.97. The van der Waals surface area contributed by atoms with E-state index in [9.17, 15) is 9.00 Å². The van der Waals surface area contributed by atoms with E-state index < -0.39 is 10.8 Å². The number of rotatable bonds is 5. The number of carbonyl (C=O) groups is 1. The lowest BCUT2D eigenvalue weighted by Crippen LogP contribution is -2.20. The van der Waals surface area contributed by atoms with Crippen LogP contribution in [0, 0.1) is 24.2 Å². The van der Waals surface area contributed by atoms with Crippen molar-refractivity contribution in [3.63, 3.8) is 0 Å². The molecule has 2 unspecified atom stereocenters. The Hall–Kier alpha value is -1.67. The average Bonchev–Trinajstić information content (AvgIpc) is 2.39. The number of nitrogens with zero attached hydrogens (tertiary/aromatic N) is 1. The van der Waals surface area contributed by atoms with E-state index in [-0.39, 0.29) is 17.6 Å². The maximum atomic E-state index is 12.0. The maximum absolute atomic E-state index is 12.0. The normalized spacial score (nSPS) is 13.4. The van der Waals surface area contributed by atoms with Gasteiger partial charge in [-0.1, -0.05) is 13.0 Å². The third kappa shape index (κ3) is 4.49. The highest BCUT2D eigenvalue weighted by Gasteiger charge is 2.17. The molecule has 0 saturated heterocycles. The van der Waals surface area contributed by atoms with Gasteiger partial charge in [0, 0.05) is 22.3 Å². The van der Waals surface area contributed by atoms with Crippen molar-refractivity contribution in [2.45, 2.75) is 19.6 Å². The fourth-order valence-electron chi connectivity index (χ4n) is 1.71. The van der Waals surface area contributed by atoms with Crippen LogP contribution in [-0.4, -0.2) is 23.0 Å². The molecule has 0 aliphatic rings. The lowest BCUT2D eigenvalue weighted by atomic mass is 10.1. The van der Waals surface area contributed by atoms with Crippen LogP contribution in [0.15, 0.2) is 18.2 Å². The van der Waals surface area contributed by atoms with E-state index in [0.717, 1.165) is 11.1 Å². The highest BCUT2D eigenvalue weighted by Crippen LogP contribution is 2.14. The van der Waals surface area contributed by atoms with Crippen LogP contribution in [0.2, 0.25) is 0 Å². The van der Waals surface area contributed by atoms with Crippen molar-refractivity contribution in [3.8, 4) is 6.07 Å². The van der Waals surface area contributed by atoms with E-state index in [2.05, 4.69) is 10.8 Å². The molecule has 102 valence electrons. The Balaban J connectivity index is 2.68. The molecule has 0 radical (unpaired) electrons. The number of aryl methyl sites for hydroxylation is 1. The van der Waals surface area contributed by atoms with Crippen LogP contribution in [0.3, 0.4) is 0 Å². The largest absolute Gasteiger partial charge is 0.469 e. The Kier molecular flexibility index (Phi) is 5.71. The summed E-state index contributed by atoms with van der Waals surface area (Å²) < 4.78 is 16.6. The second-order valence-electron chi connectivity index (χ2n) is 4.43. The molecule has 19 heavy (non-hydrogen) atoms. The highest BCUT2D eigenvalue weighted by molar-refractivity contribution is 7.84. The van der Waals surface area contributed by atoms with Gasteiger partial charge in [0.05, 0.1) is 24.7 Å². The summed E-state index contributed by atoms with van der Waals surface area (Å²) in [5.41, 5.74) is 2.47. The summed E-state index contributed by atoms with van der Waals surface area (Å²) in [7, 11) is 0.200. The van der Waals surface area contributed by atoms with Gasteiger partial charge in [0.2, 0.25) is 0 Å². The quantitative estimate of drug-likeness (QED) is 0.772. The van der Waals surface area contributed by atoms with Gasteiger partial charge in [-0.05, 0) is 30.2 Å². The number of nitriles is 1. The lowest BCUT2D eigenvalue weighted by Gasteiger charge is -2.10. The van der Waals surface area contributed by atoms with Crippen molar-refractivity contribution in [2.24, 2.45) is 5.92 Å². The fourth-order valence-corrected chi connectivity index (χ4v) is 3.19. The SMILES string of the molecule is COC(=O)C(C)CS(=O)Cc1ccc(C#N)cc1C. The molecule has 2 atom stereocenters. The molecule has 5 heteroatoms. The summed E-state index contributed by atoms with van der Waals surface area (Å²) in [5.74, 6) is -0.0419. The van der Waals surface area contributed by atoms with Gasteiger partial charge in [0.1, 0.15) is 0 Å². The summed E-state index contributed by atoms with van der Waals surface area (Å²) in [5, 5.41) is 8.78. The van der Waals surface area contributed by atoms with Crippen molar-refractivity contribution >= 4 is 16.8 Å². The first-order valence-electron chi connectivity index (χ1n) is 5.90. The van der Waals surface area contributed by atoms with Crippen LogP contribution < -0.4 is 0 Å². The molecule has 1 aromatic rings. The Bertz CT molecular complexity index is 534. The molecule has 0 N–H and O–H groups in total. The molecule has 0 heterocycles. The van der Waals surface area contributed by atoms with E-state index in [1.807, 2.05) is 13.0 Å². The minimum absolute atomic E-state index is 0.284. The van der Waals surface area contributed by atoms with Crippen molar-refractivity contribution in [2.75, 3.05) is 12.9 Å². The van der Waals surface area contributed by atoms with Gasteiger partial charge in [0.15, 0.2) is 0 Å². The van der Waals surface area contributed by atoms with Gasteiger partial charge in [-0.2, -0.15) is 5.26 Å². The molecule has 0 amide bonds.